The molecule has 3 aromatic rings. The number of thiazole rings is 1. The van der Waals surface area contributed by atoms with Crippen LogP contribution in [0.5, 0.6) is 0 Å². The highest BCUT2D eigenvalue weighted by Crippen LogP contribution is 2.38. The molecule has 2 amide bonds. The molecule has 4 heterocycles. The fraction of sp³-hybridized carbons (Fsp3) is 0.559. The van der Waals surface area contributed by atoms with Gasteiger partial charge in [0.15, 0.2) is 5.01 Å². The molecule has 0 saturated carbocycles. The molecule has 1 aliphatic carbocycles. The second kappa shape index (κ2) is 12.8. The average molecular weight is 633 g/mol. The lowest BCUT2D eigenvalue weighted by molar-refractivity contribution is -0.141. The van der Waals surface area contributed by atoms with Gasteiger partial charge in [0.1, 0.15) is 10.3 Å². The first-order valence-electron chi connectivity index (χ1n) is 16.1. The number of nitrogens with one attached hydrogen (secondary N) is 2. The van der Waals surface area contributed by atoms with Crippen LogP contribution in [0.15, 0.2) is 30.3 Å². The Labute approximate surface area is 268 Å². The number of nitrogens with zero attached hydrogens (tertiary/aromatic N) is 4. The van der Waals surface area contributed by atoms with Gasteiger partial charge >= 0.3 is 5.97 Å². The summed E-state index contributed by atoms with van der Waals surface area (Å²) < 4.78 is 0. The third-order valence-electron chi connectivity index (χ3n) is 9.78. The average Bonchev–Trinajstić information content (AvgIpc) is 3.64. The van der Waals surface area contributed by atoms with Gasteiger partial charge in [0.2, 0.25) is 0 Å². The number of rotatable bonds is 9. The summed E-state index contributed by atoms with van der Waals surface area (Å²) in [6, 6.07) is 9.30. The van der Waals surface area contributed by atoms with Gasteiger partial charge in [-0.15, -0.1) is 0 Å². The maximum Gasteiger partial charge on any atom is 0.307 e. The van der Waals surface area contributed by atoms with E-state index in [0.29, 0.717) is 49.0 Å². The summed E-state index contributed by atoms with van der Waals surface area (Å²) in [6.45, 7) is 10.4. The van der Waals surface area contributed by atoms with E-state index < -0.39 is 5.97 Å². The molecule has 45 heavy (non-hydrogen) atoms. The summed E-state index contributed by atoms with van der Waals surface area (Å²) in [6.07, 6.45) is 4.22. The molecule has 2 aromatic heterocycles. The van der Waals surface area contributed by atoms with E-state index in [4.69, 9.17) is 9.97 Å². The van der Waals surface area contributed by atoms with Crippen LogP contribution in [0, 0.1) is 17.3 Å². The van der Waals surface area contributed by atoms with Crippen molar-refractivity contribution in [3.05, 3.63) is 57.7 Å². The number of pyridine rings is 1. The highest BCUT2D eigenvalue weighted by atomic mass is 32.1. The number of aromatic nitrogens is 2. The largest absolute Gasteiger partial charge is 0.481 e. The van der Waals surface area contributed by atoms with Crippen LogP contribution < -0.4 is 10.6 Å². The third-order valence-corrected chi connectivity index (χ3v) is 10.7. The number of carboxylic acids is 1. The smallest absolute Gasteiger partial charge is 0.307 e. The summed E-state index contributed by atoms with van der Waals surface area (Å²) in [5.74, 6) is -0.945. The second-order valence-corrected chi connectivity index (χ2v) is 15.2. The molecule has 2 saturated heterocycles. The van der Waals surface area contributed by atoms with E-state index in [2.05, 4.69) is 47.3 Å². The van der Waals surface area contributed by atoms with E-state index in [-0.39, 0.29) is 35.2 Å². The van der Waals surface area contributed by atoms with E-state index in [9.17, 15) is 19.5 Å². The van der Waals surface area contributed by atoms with Crippen molar-refractivity contribution in [2.24, 2.45) is 17.3 Å². The number of amides is 2. The van der Waals surface area contributed by atoms with E-state index in [0.717, 1.165) is 54.0 Å². The molecule has 0 bridgehead atoms. The number of carbonyl (C=O) groups is 3. The van der Waals surface area contributed by atoms with Crippen LogP contribution in [0.3, 0.4) is 0 Å². The van der Waals surface area contributed by atoms with Crippen LogP contribution in [0.1, 0.15) is 83.1 Å². The van der Waals surface area contributed by atoms with Crippen molar-refractivity contribution >= 4 is 39.5 Å². The standard InChI is InChI=1S/C34H44N6O4S/c1-34(2,3)24-8-9-26-23(15-24)16-28-31(37-26)45-32(38-28)30(42)36-27(11-13-40-12-10-22(17-40)33(43)44)20-6-5-7-21(14-20)29(41)35-25-18-39(4)19-25/h5-7,14,16,22,24-25,27H,8-13,15,17-19H2,1-4H3,(H,35,41)(H,36,42)(H,43,44)/t22?,24-,27+/m0/s1. The molecule has 3 aliphatic rings. The maximum absolute atomic E-state index is 13.7. The fourth-order valence-electron chi connectivity index (χ4n) is 6.90. The normalized spacial score (nSPS) is 21.7. The zero-order valence-electron chi connectivity index (χ0n) is 26.6. The molecule has 0 radical (unpaired) electrons. The first kappa shape index (κ1) is 31.6. The topological polar surface area (TPSA) is 128 Å². The monoisotopic (exact) mass is 632 g/mol. The first-order valence-corrected chi connectivity index (χ1v) is 16.9. The van der Waals surface area contributed by atoms with Crippen molar-refractivity contribution < 1.29 is 19.5 Å². The van der Waals surface area contributed by atoms with Crippen molar-refractivity contribution in [1.82, 2.24) is 30.4 Å². The Hall–Kier alpha value is -3.41. The highest BCUT2D eigenvalue weighted by Gasteiger charge is 2.31. The van der Waals surface area contributed by atoms with Crippen molar-refractivity contribution in [2.75, 3.05) is 39.8 Å². The van der Waals surface area contributed by atoms with Gasteiger partial charge in [0.25, 0.3) is 11.8 Å². The summed E-state index contributed by atoms with van der Waals surface area (Å²) in [5.41, 5.74) is 4.72. The third kappa shape index (κ3) is 7.21. The van der Waals surface area contributed by atoms with E-state index in [1.54, 1.807) is 6.07 Å². The van der Waals surface area contributed by atoms with Crippen LogP contribution in [-0.2, 0) is 17.6 Å². The number of carbonyl (C=O) groups excluding carboxylic acids is 2. The lowest BCUT2D eigenvalue weighted by Gasteiger charge is -2.36. The molecule has 240 valence electrons. The number of likely N-dealkylation sites (N-methyl/N-ethyl adjacent to an activating group) is 1. The molecule has 3 atom stereocenters. The Morgan fingerprint density at radius 3 is 2.60 bits per heavy atom. The minimum atomic E-state index is -0.765. The first-order chi connectivity index (χ1) is 21.4. The van der Waals surface area contributed by atoms with Crippen LogP contribution in [0.4, 0.5) is 0 Å². The lowest BCUT2D eigenvalue weighted by Crippen LogP contribution is -2.57. The zero-order chi connectivity index (χ0) is 31.9. The molecule has 10 nitrogen and oxygen atoms in total. The summed E-state index contributed by atoms with van der Waals surface area (Å²) in [7, 11) is 2.02. The van der Waals surface area contributed by atoms with Gasteiger partial charge < -0.3 is 25.5 Å². The van der Waals surface area contributed by atoms with Gasteiger partial charge in [-0.1, -0.05) is 44.2 Å². The number of aliphatic carboxylic acids is 1. The van der Waals surface area contributed by atoms with Gasteiger partial charge in [0.05, 0.1) is 18.0 Å². The molecule has 1 unspecified atom stereocenters. The summed E-state index contributed by atoms with van der Waals surface area (Å²) in [5, 5.41) is 16.1. The second-order valence-electron chi connectivity index (χ2n) is 14.2. The van der Waals surface area contributed by atoms with Crippen LogP contribution >= 0.6 is 11.3 Å². The van der Waals surface area contributed by atoms with E-state index in [1.165, 1.54) is 16.9 Å². The highest BCUT2D eigenvalue weighted by molar-refractivity contribution is 7.19. The molecule has 2 aliphatic heterocycles. The number of likely N-dealkylation sites (tertiary alicyclic amines) is 2. The minimum Gasteiger partial charge on any atom is -0.481 e. The van der Waals surface area contributed by atoms with Gasteiger partial charge in [-0.25, -0.2) is 9.97 Å². The quantitative estimate of drug-likeness (QED) is 0.321. The van der Waals surface area contributed by atoms with E-state index in [1.807, 2.05) is 25.2 Å². The van der Waals surface area contributed by atoms with Crippen LogP contribution in [-0.4, -0.2) is 88.5 Å². The maximum atomic E-state index is 13.7. The molecule has 2 fully saturated rings. The van der Waals surface area contributed by atoms with Gasteiger partial charge in [-0.05, 0) is 86.4 Å². The Morgan fingerprint density at radius 2 is 1.89 bits per heavy atom. The molecular formula is C34H44N6O4S. The Kier molecular flexibility index (Phi) is 8.96. The molecular weight excluding hydrogens is 588 g/mol. The predicted molar refractivity (Wildman–Crippen MR) is 175 cm³/mol. The number of carboxylic acid groups (broad SMARTS) is 1. The van der Waals surface area contributed by atoms with Crippen molar-refractivity contribution in [3.8, 4) is 0 Å². The van der Waals surface area contributed by atoms with Gasteiger partial charge in [-0.2, -0.15) is 0 Å². The SMILES string of the molecule is CN1CC(NC(=O)c2cccc([C@@H](CCN3CCC(C(=O)O)C3)NC(=O)c3nc4cc5c(nc4s3)CC[C@H](C(C)(C)C)C5)c2)C1. The molecule has 11 heteroatoms. The molecule has 3 N–H and O–H groups in total. The summed E-state index contributed by atoms with van der Waals surface area (Å²) in [4.78, 5) is 53.0. The number of hydrogen-bond acceptors (Lipinski definition) is 8. The Balaban J connectivity index is 1.20. The molecule has 1 aromatic carbocycles. The van der Waals surface area contributed by atoms with Gasteiger partial charge in [-0.3, -0.25) is 14.4 Å². The van der Waals surface area contributed by atoms with Crippen LogP contribution in [0.25, 0.3) is 10.3 Å². The Morgan fingerprint density at radius 1 is 1.09 bits per heavy atom. The number of benzene rings is 1. The Bertz CT molecular complexity index is 1590. The minimum absolute atomic E-state index is 0.126. The van der Waals surface area contributed by atoms with E-state index >= 15 is 0 Å². The lowest BCUT2D eigenvalue weighted by atomic mass is 9.71. The fourth-order valence-corrected chi connectivity index (χ4v) is 7.74. The number of hydrogen-bond donors (Lipinski definition) is 3. The number of aryl methyl sites for hydroxylation is 1. The number of fused-ring (bicyclic) bond motifs is 2. The van der Waals surface area contributed by atoms with Crippen molar-refractivity contribution in [2.45, 2.75) is 65.0 Å². The predicted octanol–water partition coefficient (Wildman–Crippen LogP) is 4.15. The van der Waals surface area contributed by atoms with Crippen LogP contribution in [0.2, 0.25) is 0 Å². The van der Waals surface area contributed by atoms with Crippen molar-refractivity contribution in [3.63, 3.8) is 0 Å². The summed E-state index contributed by atoms with van der Waals surface area (Å²) >= 11 is 1.31. The molecule has 6 rings (SSSR count). The zero-order valence-corrected chi connectivity index (χ0v) is 27.5. The molecule has 0 spiro atoms. The van der Waals surface area contributed by atoms with Gasteiger partial charge in [0, 0.05) is 37.4 Å². The van der Waals surface area contributed by atoms with Crippen molar-refractivity contribution in [1.29, 1.82) is 0 Å².